The number of sulfone groups is 1. The minimum absolute atomic E-state index is 0.0168. The Bertz CT molecular complexity index is 878. The lowest BCUT2D eigenvalue weighted by atomic mass is 10.3. The van der Waals surface area contributed by atoms with Crippen molar-refractivity contribution in [2.45, 2.75) is 21.5 Å². The van der Waals surface area contributed by atoms with Crippen molar-refractivity contribution in [3.63, 3.8) is 0 Å². The summed E-state index contributed by atoms with van der Waals surface area (Å²) >= 11 is 0. The zero-order chi connectivity index (χ0) is 21.2. The van der Waals surface area contributed by atoms with Crippen molar-refractivity contribution in [3.05, 3.63) is 28.3 Å². The van der Waals surface area contributed by atoms with Gasteiger partial charge in [-0.05, 0) is 12.1 Å². The molecule has 0 aliphatic rings. The first-order valence-electron chi connectivity index (χ1n) is 6.27. The number of carbonyl (C=O) groups is 1. The van der Waals surface area contributed by atoms with Crippen molar-refractivity contribution < 1.29 is 53.4 Å². The van der Waals surface area contributed by atoms with E-state index in [1.807, 2.05) is 0 Å². The lowest BCUT2D eigenvalue weighted by molar-refractivity contribution is -0.388. The monoisotopic (exact) mass is 443 g/mol. The molecule has 1 aromatic rings. The minimum atomic E-state index is -5.94. The maximum Gasteiger partial charge on any atom is 0.501 e. The zero-order valence-electron chi connectivity index (χ0n) is 12.5. The number of carbonyl (C=O) groups excluding carboxylic acids is 1. The van der Waals surface area contributed by atoms with Crippen molar-refractivity contribution in [1.29, 1.82) is 0 Å². The van der Waals surface area contributed by atoms with Gasteiger partial charge in [0.25, 0.3) is 15.5 Å². The first kappa shape index (κ1) is 22.8. The molecule has 8 nitrogen and oxygen atoms in total. The summed E-state index contributed by atoms with van der Waals surface area (Å²) in [4.78, 5) is 18.4. The Morgan fingerprint density at radius 3 is 2.19 bits per heavy atom. The normalized spacial score (nSPS) is 13.9. The van der Waals surface area contributed by atoms with Gasteiger partial charge in [-0.1, -0.05) is 0 Å². The number of nitro benzene ring substituents is 1. The summed E-state index contributed by atoms with van der Waals surface area (Å²) in [6.07, 6.45) is -4.88. The molecule has 27 heavy (non-hydrogen) atoms. The quantitative estimate of drug-likeness (QED) is 0.286. The molecule has 0 N–H and O–H groups in total. The van der Waals surface area contributed by atoms with Gasteiger partial charge in [-0.25, -0.2) is 8.42 Å². The Labute approximate surface area is 148 Å². The molecular weight excluding hydrogens is 436 g/mol. The van der Waals surface area contributed by atoms with Crippen LogP contribution in [-0.2, 0) is 30.2 Å². The lowest BCUT2D eigenvalue weighted by Gasteiger charge is -2.10. The van der Waals surface area contributed by atoms with Crippen LogP contribution in [0.4, 0.5) is 32.0 Å². The number of nitrogens with zero attached hydrogens (tertiary/aromatic N) is 1. The average molecular weight is 443 g/mol. The number of ether oxygens (including phenoxy) is 1. The van der Waals surface area contributed by atoms with Crippen molar-refractivity contribution in [2.24, 2.45) is 0 Å². The maximum absolute atomic E-state index is 12.5. The Kier molecular flexibility index (Phi) is 6.58. The molecule has 1 aromatic carbocycles. The van der Waals surface area contributed by atoms with E-state index in [4.69, 9.17) is 0 Å². The molecule has 1 unspecified atom stereocenters. The third-order valence-electron chi connectivity index (χ3n) is 2.63. The molecule has 0 amide bonds. The second kappa shape index (κ2) is 7.79. The van der Waals surface area contributed by atoms with Crippen LogP contribution in [0.5, 0.6) is 0 Å². The first-order chi connectivity index (χ1) is 12.1. The molecule has 1 rings (SSSR count). The molecule has 0 aliphatic carbocycles. The molecule has 0 saturated heterocycles. The smallest absolute Gasteiger partial charge is 0.455 e. The second-order valence-electron chi connectivity index (χ2n) is 4.60. The molecule has 152 valence electrons. The molecular formula is C11H7F6NO7S2. The van der Waals surface area contributed by atoms with Gasteiger partial charge < -0.3 is 4.74 Å². The van der Waals surface area contributed by atoms with E-state index in [2.05, 4.69) is 4.74 Å². The molecule has 0 saturated carbocycles. The van der Waals surface area contributed by atoms with E-state index >= 15 is 0 Å². The van der Waals surface area contributed by atoms with Gasteiger partial charge in [0.2, 0.25) is 0 Å². The lowest BCUT2D eigenvalue weighted by Crippen LogP contribution is -2.24. The van der Waals surface area contributed by atoms with Gasteiger partial charge >= 0.3 is 17.7 Å². The summed E-state index contributed by atoms with van der Waals surface area (Å²) in [6, 6.07) is 0.644. The molecule has 0 fully saturated rings. The van der Waals surface area contributed by atoms with E-state index in [0.29, 0.717) is 6.07 Å². The van der Waals surface area contributed by atoms with Crippen molar-refractivity contribution in [3.8, 4) is 0 Å². The van der Waals surface area contributed by atoms with E-state index in [-0.39, 0.29) is 12.1 Å². The third-order valence-corrected chi connectivity index (χ3v) is 5.45. The standard InChI is InChI=1S/C11H7F6NO7S2/c12-10(13,14)5-25-9(19)4-26(22)8-2-1-6(3-7(8)18(20)21)27(23,24)11(15,16)17/h1-3H,4-5H2. The zero-order valence-corrected chi connectivity index (χ0v) is 14.2. The second-order valence-corrected chi connectivity index (χ2v) is 7.96. The number of hydrogen-bond acceptors (Lipinski definition) is 7. The van der Waals surface area contributed by atoms with Crippen LogP contribution in [0.1, 0.15) is 0 Å². The average Bonchev–Trinajstić information content (AvgIpc) is 2.50. The summed E-state index contributed by atoms with van der Waals surface area (Å²) < 4.78 is 111. The SMILES string of the molecule is O=C(CS(=O)c1ccc(S(=O)(=O)C(F)(F)F)cc1[N+](=O)[O-])OCC(F)(F)F. The number of halogens is 6. The predicted octanol–water partition coefficient (Wildman–Crippen LogP) is 2.10. The van der Waals surface area contributed by atoms with Gasteiger partial charge in [0.1, 0.15) is 10.6 Å². The van der Waals surface area contributed by atoms with Crippen molar-refractivity contribution in [1.82, 2.24) is 0 Å². The van der Waals surface area contributed by atoms with Crippen LogP contribution in [0, 0.1) is 10.1 Å². The van der Waals surface area contributed by atoms with E-state index in [0.717, 1.165) is 0 Å². The van der Waals surface area contributed by atoms with E-state index in [1.165, 1.54) is 0 Å². The van der Waals surface area contributed by atoms with Crippen LogP contribution >= 0.6 is 0 Å². The van der Waals surface area contributed by atoms with Gasteiger partial charge in [-0.3, -0.25) is 19.1 Å². The molecule has 0 bridgehead atoms. The van der Waals surface area contributed by atoms with Crippen molar-refractivity contribution in [2.75, 3.05) is 12.4 Å². The number of hydrogen-bond donors (Lipinski definition) is 0. The number of nitro groups is 1. The van der Waals surface area contributed by atoms with Crippen LogP contribution in [0.2, 0.25) is 0 Å². The highest BCUT2D eigenvalue weighted by Crippen LogP contribution is 2.34. The highest BCUT2D eigenvalue weighted by molar-refractivity contribution is 7.92. The number of esters is 1. The van der Waals surface area contributed by atoms with Crippen LogP contribution in [0.25, 0.3) is 0 Å². The highest BCUT2D eigenvalue weighted by Gasteiger charge is 2.47. The van der Waals surface area contributed by atoms with Gasteiger partial charge in [-0.2, -0.15) is 26.3 Å². The van der Waals surface area contributed by atoms with E-state index < -0.39 is 71.1 Å². The Balaban J connectivity index is 3.17. The molecule has 0 heterocycles. The Morgan fingerprint density at radius 1 is 1.19 bits per heavy atom. The molecule has 0 aliphatic heterocycles. The third kappa shape index (κ3) is 5.88. The maximum atomic E-state index is 12.5. The topological polar surface area (TPSA) is 121 Å². The summed E-state index contributed by atoms with van der Waals surface area (Å²) in [7, 11) is -8.63. The fourth-order valence-corrected chi connectivity index (χ4v) is 3.34. The fraction of sp³-hybridized carbons (Fsp3) is 0.364. The van der Waals surface area contributed by atoms with Crippen LogP contribution in [0.3, 0.4) is 0 Å². The number of alkyl halides is 6. The summed E-state index contributed by atoms with van der Waals surface area (Å²) in [5.41, 5.74) is -7.09. The number of benzene rings is 1. The summed E-state index contributed by atoms with van der Waals surface area (Å²) in [5, 5.41) is 10.9. The molecule has 1 atom stereocenters. The molecule has 16 heteroatoms. The highest BCUT2D eigenvalue weighted by atomic mass is 32.2. The van der Waals surface area contributed by atoms with Gasteiger partial charge in [0, 0.05) is 6.07 Å². The molecule has 0 spiro atoms. The van der Waals surface area contributed by atoms with Gasteiger partial charge in [-0.15, -0.1) is 0 Å². The summed E-state index contributed by atoms with van der Waals surface area (Å²) in [6.45, 7) is -2.01. The largest absolute Gasteiger partial charge is 0.501 e. The van der Waals surface area contributed by atoms with Crippen molar-refractivity contribution >= 4 is 32.3 Å². The van der Waals surface area contributed by atoms with Crippen LogP contribution in [0.15, 0.2) is 28.0 Å². The van der Waals surface area contributed by atoms with Gasteiger partial charge in [0.15, 0.2) is 6.61 Å². The van der Waals surface area contributed by atoms with Crippen LogP contribution in [-0.4, -0.2) is 47.6 Å². The van der Waals surface area contributed by atoms with Gasteiger partial charge in [0.05, 0.1) is 20.6 Å². The Hall–Kier alpha value is -2.23. The van der Waals surface area contributed by atoms with E-state index in [9.17, 15) is 53.9 Å². The first-order valence-corrected chi connectivity index (χ1v) is 9.07. The Morgan fingerprint density at radius 2 is 1.74 bits per heavy atom. The summed E-state index contributed by atoms with van der Waals surface area (Å²) in [5.74, 6) is -2.92. The van der Waals surface area contributed by atoms with Crippen LogP contribution < -0.4 is 0 Å². The van der Waals surface area contributed by atoms with E-state index in [1.54, 1.807) is 0 Å². The minimum Gasteiger partial charge on any atom is -0.455 e. The number of rotatable bonds is 6. The predicted molar refractivity (Wildman–Crippen MR) is 74.6 cm³/mol. The fourth-order valence-electron chi connectivity index (χ4n) is 1.52. The molecule has 0 aromatic heterocycles. The molecule has 0 radical (unpaired) electrons.